The molecule has 116 valence electrons. The van der Waals surface area contributed by atoms with Gasteiger partial charge in [0.2, 0.25) is 0 Å². The number of carboxylic acids is 1. The predicted octanol–water partition coefficient (Wildman–Crippen LogP) is 3.52. The van der Waals surface area contributed by atoms with E-state index in [2.05, 4.69) is 26.6 Å². The summed E-state index contributed by atoms with van der Waals surface area (Å²) in [6.45, 7) is 3.83. The minimum atomic E-state index is -0.887. The molecule has 0 radical (unpaired) electrons. The number of carbonyl (C=O) groups is 2. The average molecular weight is 361 g/mol. The number of hydrogen-bond donors (Lipinski definition) is 3. The zero-order valence-corrected chi connectivity index (χ0v) is 13.5. The van der Waals surface area contributed by atoms with Crippen LogP contribution in [0.5, 0.6) is 0 Å². The average Bonchev–Trinajstić information content (AvgIpc) is 2.40. The Morgan fingerprint density at radius 1 is 1.43 bits per heavy atom. The summed E-state index contributed by atoms with van der Waals surface area (Å²) in [5.74, 6) is -1.40. The molecule has 0 aliphatic heterocycles. The van der Waals surface area contributed by atoms with Crippen molar-refractivity contribution < 1.29 is 19.1 Å². The fourth-order valence-electron chi connectivity index (χ4n) is 1.79. The summed E-state index contributed by atoms with van der Waals surface area (Å²) in [7, 11) is 0. The molecule has 21 heavy (non-hydrogen) atoms. The quantitative estimate of drug-likeness (QED) is 0.726. The number of nitrogens with one attached hydrogen (secondary N) is 2. The Hall–Kier alpha value is -1.63. The van der Waals surface area contributed by atoms with Crippen molar-refractivity contribution in [3.8, 4) is 0 Å². The molecule has 0 aliphatic carbocycles. The summed E-state index contributed by atoms with van der Waals surface area (Å²) < 4.78 is 13.6. The first-order chi connectivity index (χ1) is 9.83. The number of hydrogen-bond acceptors (Lipinski definition) is 2. The second-order valence-corrected chi connectivity index (χ2v) is 5.64. The predicted molar refractivity (Wildman–Crippen MR) is 81.9 cm³/mol. The van der Waals surface area contributed by atoms with Gasteiger partial charge in [0.25, 0.3) is 0 Å². The van der Waals surface area contributed by atoms with Gasteiger partial charge in [0.15, 0.2) is 0 Å². The molecule has 5 nitrogen and oxygen atoms in total. The van der Waals surface area contributed by atoms with Crippen molar-refractivity contribution in [1.82, 2.24) is 5.32 Å². The topological polar surface area (TPSA) is 78.4 Å². The highest BCUT2D eigenvalue weighted by Crippen LogP contribution is 2.24. The van der Waals surface area contributed by atoms with Crippen molar-refractivity contribution in [1.29, 1.82) is 0 Å². The maximum atomic E-state index is 13.3. The molecule has 1 aromatic rings. The number of rotatable bonds is 6. The van der Waals surface area contributed by atoms with Crippen molar-refractivity contribution >= 4 is 33.6 Å². The van der Waals surface area contributed by atoms with Crippen LogP contribution in [0.3, 0.4) is 0 Å². The highest BCUT2D eigenvalue weighted by molar-refractivity contribution is 9.10. The Bertz CT molecular complexity index is 537. The molecule has 0 saturated carbocycles. The van der Waals surface area contributed by atoms with E-state index in [-0.39, 0.29) is 23.4 Å². The number of urea groups is 1. The molecule has 0 aliphatic rings. The Kier molecular flexibility index (Phi) is 6.61. The Morgan fingerprint density at radius 2 is 2.10 bits per heavy atom. The van der Waals surface area contributed by atoms with Crippen molar-refractivity contribution in [2.75, 3.05) is 11.9 Å². The second-order valence-electron chi connectivity index (χ2n) is 4.79. The third-order valence-corrected chi connectivity index (χ3v) is 3.72. The lowest BCUT2D eigenvalue weighted by molar-refractivity contribution is -0.138. The van der Waals surface area contributed by atoms with E-state index in [4.69, 9.17) is 5.11 Å². The Labute approximate surface area is 131 Å². The molecule has 2 amide bonds. The van der Waals surface area contributed by atoms with E-state index >= 15 is 0 Å². The molecule has 3 N–H and O–H groups in total. The molecule has 1 unspecified atom stereocenters. The number of amides is 2. The van der Waals surface area contributed by atoms with Crippen LogP contribution in [0.4, 0.5) is 14.9 Å². The van der Waals surface area contributed by atoms with Gasteiger partial charge >= 0.3 is 12.0 Å². The molecule has 7 heteroatoms. The van der Waals surface area contributed by atoms with E-state index in [1.54, 1.807) is 6.92 Å². The third kappa shape index (κ3) is 5.71. The molecule has 1 atom stereocenters. The van der Waals surface area contributed by atoms with Crippen LogP contribution in [-0.4, -0.2) is 23.7 Å². The SMILES string of the molecule is CCC(CNC(=O)Nc1cc(Br)c(F)cc1C)CC(=O)O. The van der Waals surface area contributed by atoms with Crippen LogP contribution < -0.4 is 10.6 Å². The van der Waals surface area contributed by atoms with Crippen LogP contribution in [0.2, 0.25) is 0 Å². The maximum Gasteiger partial charge on any atom is 0.319 e. The van der Waals surface area contributed by atoms with E-state index in [0.717, 1.165) is 0 Å². The van der Waals surface area contributed by atoms with Gasteiger partial charge in [-0.05, 0) is 46.5 Å². The summed E-state index contributed by atoms with van der Waals surface area (Å²) in [6, 6.07) is 2.36. The number of aryl methyl sites for hydroxylation is 1. The Morgan fingerprint density at radius 3 is 2.67 bits per heavy atom. The maximum absolute atomic E-state index is 13.3. The zero-order chi connectivity index (χ0) is 16.0. The minimum absolute atomic E-state index is 0.0118. The van der Waals surface area contributed by atoms with Crippen LogP contribution in [0, 0.1) is 18.7 Å². The molecule has 0 bridgehead atoms. The van der Waals surface area contributed by atoms with Crippen LogP contribution in [-0.2, 0) is 4.79 Å². The fraction of sp³-hybridized carbons (Fsp3) is 0.429. The van der Waals surface area contributed by atoms with Crippen LogP contribution in [0.25, 0.3) is 0 Å². The molecule has 0 saturated heterocycles. The van der Waals surface area contributed by atoms with Gasteiger partial charge in [0.1, 0.15) is 5.82 Å². The van der Waals surface area contributed by atoms with Gasteiger partial charge < -0.3 is 15.7 Å². The minimum Gasteiger partial charge on any atom is -0.481 e. The first-order valence-corrected chi connectivity index (χ1v) is 7.35. The standard InChI is InChI=1S/C14H18BrFN2O3/c1-3-9(5-13(19)20)7-17-14(21)18-12-6-10(15)11(16)4-8(12)2/h4,6,9H,3,5,7H2,1-2H3,(H,19,20)(H2,17,18,21). The Balaban J connectivity index is 2.58. The molecule has 1 rings (SSSR count). The molecule has 0 fully saturated rings. The normalized spacial score (nSPS) is 11.8. The highest BCUT2D eigenvalue weighted by Gasteiger charge is 2.13. The largest absolute Gasteiger partial charge is 0.481 e. The molecule has 0 spiro atoms. The second kappa shape index (κ2) is 7.97. The van der Waals surface area contributed by atoms with Gasteiger partial charge in [-0.25, -0.2) is 9.18 Å². The third-order valence-electron chi connectivity index (χ3n) is 3.11. The van der Waals surface area contributed by atoms with Crippen LogP contribution >= 0.6 is 15.9 Å². The number of aliphatic carboxylic acids is 1. The molecule has 0 heterocycles. The van der Waals surface area contributed by atoms with E-state index < -0.39 is 17.8 Å². The number of carbonyl (C=O) groups excluding carboxylic acids is 1. The van der Waals surface area contributed by atoms with Crippen LogP contribution in [0.15, 0.2) is 16.6 Å². The summed E-state index contributed by atoms with van der Waals surface area (Å²) in [6.07, 6.45) is 0.672. The fourth-order valence-corrected chi connectivity index (χ4v) is 2.14. The van der Waals surface area contributed by atoms with Crippen LogP contribution in [0.1, 0.15) is 25.3 Å². The monoisotopic (exact) mass is 360 g/mol. The van der Waals surface area contributed by atoms with E-state index in [1.165, 1.54) is 12.1 Å². The van der Waals surface area contributed by atoms with E-state index in [0.29, 0.717) is 17.7 Å². The zero-order valence-electron chi connectivity index (χ0n) is 11.9. The van der Waals surface area contributed by atoms with Crippen molar-refractivity contribution in [3.63, 3.8) is 0 Å². The van der Waals surface area contributed by atoms with Crippen molar-refractivity contribution in [3.05, 3.63) is 28.0 Å². The lowest BCUT2D eigenvalue weighted by Gasteiger charge is -2.15. The number of benzene rings is 1. The van der Waals surface area contributed by atoms with E-state index in [9.17, 15) is 14.0 Å². The molecule has 1 aromatic carbocycles. The number of carboxylic acid groups (broad SMARTS) is 1. The van der Waals surface area contributed by atoms with Crippen molar-refractivity contribution in [2.45, 2.75) is 26.7 Å². The lowest BCUT2D eigenvalue weighted by atomic mass is 10.0. The number of halogens is 2. The van der Waals surface area contributed by atoms with Gasteiger partial charge in [-0.2, -0.15) is 0 Å². The first kappa shape index (κ1) is 17.4. The summed E-state index contributed by atoms with van der Waals surface area (Å²) in [5.41, 5.74) is 1.09. The van der Waals surface area contributed by atoms with Gasteiger partial charge in [-0.3, -0.25) is 4.79 Å². The van der Waals surface area contributed by atoms with E-state index in [1.807, 2.05) is 6.92 Å². The number of anilines is 1. The van der Waals surface area contributed by atoms with Gasteiger partial charge in [0, 0.05) is 18.7 Å². The highest BCUT2D eigenvalue weighted by atomic mass is 79.9. The van der Waals surface area contributed by atoms with Crippen molar-refractivity contribution in [2.24, 2.45) is 5.92 Å². The molecular formula is C14H18BrFN2O3. The van der Waals surface area contributed by atoms with Gasteiger partial charge in [-0.15, -0.1) is 0 Å². The summed E-state index contributed by atoms with van der Waals surface area (Å²) in [4.78, 5) is 22.4. The summed E-state index contributed by atoms with van der Waals surface area (Å²) >= 11 is 3.06. The smallest absolute Gasteiger partial charge is 0.319 e. The first-order valence-electron chi connectivity index (χ1n) is 6.55. The molecule has 0 aromatic heterocycles. The molecular weight excluding hydrogens is 343 g/mol. The summed E-state index contributed by atoms with van der Waals surface area (Å²) in [5, 5.41) is 14.0. The lowest BCUT2D eigenvalue weighted by Crippen LogP contribution is -2.33. The van der Waals surface area contributed by atoms with Gasteiger partial charge in [-0.1, -0.05) is 13.3 Å². The van der Waals surface area contributed by atoms with Gasteiger partial charge in [0.05, 0.1) is 4.47 Å².